The van der Waals surface area contributed by atoms with Crippen LogP contribution in [-0.4, -0.2) is 21.4 Å². The van der Waals surface area contributed by atoms with Gasteiger partial charge in [0.2, 0.25) is 5.43 Å². The smallest absolute Gasteiger partial charge is 0.200 e. The third-order valence-corrected chi connectivity index (χ3v) is 6.41. The summed E-state index contributed by atoms with van der Waals surface area (Å²) in [6.07, 6.45) is 4.70. The first-order valence-corrected chi connectivity index (χ1v) is 12.0. The summed E-state index contributed by atoms with van der Waals surface area (Å²) < 4.78 is 12.6. The molecule has 3 aromatic rings. The highest BCUT2D eigenvalue weighted by Crippen LogP contribution is 2.47. The second-order valence-electron chi connectivity index (χ2n) is 9.91. The van der Waals surface area contributed by atoms with Crippen LogP contribution in [0, 0.1) is 0 Å². The normalized spacial score (nSPS) is 14.3. The Balaban J connectivity index is 2.14. The van der Waals surface area contributed by atoms with Gasteiger partial charge in [0.15, 0.2) is 0 Å². The Morgan fingerprint density at radius 2 is 1.67 bits per heavy atom. The van der Waals surface area contributed by atoms with Gasteiger partial charge >= 0.3 is 0 Å². The number of benzene rings is 2. The molecule has 36 heavy (non-hydrogen) atoms. The summed E-state index contributed by atoms with van der Waals surface area (Å²) in [5.41, 5.74) is 4.59. The molecule has 188 valence electrons. The van der Waals surface area contributed by atoms with E-state index in [4.69, 9.17) is 9.15 Å². The topological polar surface area (TPSA) is 100 Å². The van der Waals surface area contributed by atoms with Crippen molar-refractivity contribution in [2.45, 2.75) is 60.0 Å². The van der Waals surface area contributed by atoms with E-state index in [-0.39, 0.29) is 57.5 Å². The number of allylic oxidation sites excluding steroid dienone is 4. The number of hydrogen-bond donors (Lipinski definition) is 3. The van der Waals surface area contributed by atoms with Crippen LogP contribution in [0.5, 0.6) is 23.0 Å². The molecule has 1 atom stereocenters. The predicted octanol–water partition coefficient (Wildman–Crippen LogP) is 6.47. The zero-order valence-corrected chi connectivity index (χ0v) is 21.4. The van der Waals surface area contributed by atoms with Crippen LogP contribution in [0.3, 0.4) is 0 Å². The van der Waals surface area contributed by atoms with E-state index in [9.17, 15) is 20.1 Å². The number of hydrogen-bond acceptors (Lipinski definition) is 6. The molecule has 2 heterocycles. The Morgan fingerprint density at radius 3 is 2.25 bits per heavy atom. The van der Waals surface area contributed by atoms with E-state index in [0.717, 1.165) is 16.7 Å². The molecule has 0 amide bonds. The maximum Gasteiger partial charge on any atom is 0.200 e. The van der Waals surface area contributed by atoms with E-state index in [2.05, 4.69) is 6.58 Å². The first-order chi connectivity index (χ1) is 17.0. The van der Waals surface area contributed by atoms with Gasteiger partial charge in [0.05, 0.1) is 5.56 Å². The second-order valence-corrected chi connectivity index (χ2v) is 9.91. The van der Waals surface area contributed by atoms with Crippen LogP contribution in [-0.2, 0) is 19.3 Å². The number of ether oxygens (including phenoxy) is 1. The summed E-state index contributed by atoms with van der Waals surface area (Å²) >= 11 is 0. The largest absolute Gasteiger partial charge is 0.508 e. The number of fused-ring (bicyclic) bond motifs is 2. The van der Waals surface area contributed by atoms with Gasteiger partial charge in [0.25, 0.3) is 0 Å². The molecule has 6 nitrogen and oxygen atoms in total. The fraction of sp³-hybridized carbons (Fsp3) is 0.300. The highest BCUT2D eigenvalue weighted by Gasteiger charge is 2.34. The zero-order chi connectivity index (χ0) is 26.3. The maximum atomic E-state index is 14.0. The van der Waals surface area contributed by atoms with Crippen molar-refractivity contribution in [2.75, 3.05) is 0 Å². The summed E-state index contributed by atoms with van der Waals surface area (Å²) in [7, 11) is 0. The van der Waals surface area contributed by atoms with Crippen LogP contribution in [0.15, 0.2) is 62.9 Å². The third-order valence-electron chi connectivity index (χ3n) is 6.41. The van der Waals surface area contributed by atoms with Gasteiger partial charge in [0, 0.05) is 29.2 Å². The quantitative estimate of drug-likeness (QED) is 0.344. The van der Waals surface area contributed by atoms with E-state index in [0.29, 0.717) is 35.3 Å². The molecule has 3 N–H and O–H groups in total. The molecule has 0 spiro atoms. The lowest BCUT2D eigenvalue weighted by Gasteiger charge is -2.17. The van der Waals surface area contributed by atoms with E-state index in [1.165, 1.54) is 18.2 Å². The summed E-state index contributed by atoms with van der Waals surface area (Å²) in [6.45, 7) is 13.7. The molecule has 1 aliphatic heterocycles. The predicted molar refractivity (Wildman–Crippen MR) is 142 cm³/mol. The summed E-state index contributed by atoms with van der Waals surface area (Å²) in [6, 6.07) is 4.14. The van der Waals surface area contributed by atoms with Crippen molar-refractivity contribution in [3.63, 3.8) is 0 Å². The van der Waals surface area contributed by atoms with Crippen LogP contribution in [0.25, 0.3) is 22.3 Å². The third kappa shape index (κ3) is 4.51. The van der Waals surface area contributed by atoms with Crippen molar-refractivity contribution in [3.05, 3.63) is 80.6 Å². The van der Waals surface area contributed by atoms with Crippen LogP contribution in [0.4, 0.5) is 0 Å². The molecule has 0 radical (unpaired) electrons. The van der Waals surface area contributed by atoms with Crippen molar-refractivity contribution >= 4 is 11.0 Å². The Bertz CT molecular complexity index is 1490. The first kappa shape index (κ1) is 25.2. The van der Waals surface area contributed by atoms with Crippen LogP contribution < -0.4 is 10.2 Å². The van der Waals surface area contributed by atoms with E-state index in [1.54, 1.807) is 0 Å². The van der Waals surface area contributed by atoms with Crippen molar-refractivity contribution in [3.8, 4) is 34.3 Å². The second kappa shape index (κ2) is 9.61. The number of phenols is 3. The maximum absolute atomic E-state index is 14.0. The highest BCUT2D eigenvalue weighted by molar-refractivity contribution is 5.93. The van der Waals surface area contributed by atoms with Gasteiger partial charge in [-0.25, -0.2) is 0 Å². The summed E-state index contributed by atoms with van der Waals surface area (Å²) in [4.78, 5) is 14.0. The monoisotopic (exact) mass is 488 g/mol. The minimum absolute atomic E-state index is 0.107. The lowest BCUT2D eigenvalue weighted by atomic mass is 9.94. The average Bonchev–Trinajstić information content (AvgIpc) is 3.24. The van der Waals surface area contributed by atoms with Crippen LogP contribution in [0.1, 0.15) is 51.3 Å². The average molecular weight is 489 g/mol. The fourth-order valence-corrected chi connectivity index (χ4v) is 4.43. The molecule has 0 saturated carbocycles. The zero-order valence-electron chi connectivity index (χ0n) is 21.4. The molecular formula is C30H32O6. The highest BCUT2D eigenvalue weighted by atomic mass is 16.5. The van der Waals surface area contributed by atoms with Gasteiger partial charge in [-0.15, -0.1) is 0 Å². The minimum Gasteiger partial charge on any atom is -0.508 e. The Kier molecular flexibility index (Phi) is 6.72. The van der Waals surface area contributed by atoms with E-state index in [1.807, 2.05) is 46.8 Å². The molecule has 0 unspecified atom stereocenters. The molecular weight excluding hydrogens is 456 g/mol. The summed E-state index contributed by atoms with van der Waals surface area (Å²) in [5, 5.41) is 31.9. The lowest BCUT2D eigenvalue weighted by molar-refractivity contribution is 0.269. The van der Waals surface area contributed by atoms with Gasteiger partial charge in [-0.05, 0) is 65.2 Å². The molecule has 0 fully saturated rings. The molecule has 4 rings (SSSR count). The summed E-state index contributed by atoms with van der Waals surface area (Å²) in [5.74, 6) is 0.231. The van der Waals surface area contributed by atoms with Gasteiger partial charge in [0.1, 0.15) is 45.8 Å². The fourth-order valence-electron chi connectivity index (χ4n) is 4.43. The van der Waals surface area contributed by atoms with Crippen molar-refractivity contribution in [2.24, 2.45) is 0 Å². The standard InChI is InChI=1S/C30H32O6/c1-15(2)7-10-20-26(33)25-27(34)22-14-24(17(5)6)35-29(22)21(11-8-16(3)4)30(25)36-28(20)19-12-9-18(31)13-23(19)32/h7-9,12-13,24,31-32,34H,5,10-11,14H2,1-4,6H3/t24-/m0/s1. The SMILES string of the molecule is C=C(C)[C@@H]1Cc2c(c(CC=C(C)C)c3oc(-c4ccc(O)cc4O)c(CC=C(C)C)c(=O)c3c2O)O1. The lowest BCUT2D eigenvalue weighted by Crippen LogP contribution is -2.13. The molecule has 2 aromatic carbocycles. The van der Waals surface area contributed by atoms with Gasteiger partial charge in [-0.3, -0.25) is 4.79 Å². The minimum atomic E-state index is -0.367. The van der Waals surface area contributed by atoms with Crippen molar-refractivity contribution < 1.29 is 24.5 Å². The van der Waals surface area contributed by atoms with Crippen molar-refractivity contribution in [1.29, 1.82) is 0 Å². The first-order valence-electron chi connectivity index (χ1n) is 12.0. The van der Waals surface area contributed by atoms with Gasteiger partial charge in [-0.2, -0.15) is 0 Å². The van der Waals surface area contributed by atoms with E-state index >= 15 is 0 Å². The Hall–Kier alpha value is -3.93. The molecule has 1 aromatic heterocycles. The Labute approximate surface area is 210 Å². The number of rotatable bonds is 6. The van der Waals surface area contributed by atoms with E-state index < -0.39 is 0 Å². The number of phenolic OH excluding ortho intramolecular Hbond substituents is 3. The van der Waals surface area contributed by atoms with Gasteiger partial charge < -0.3 is 24.5 Å². The molecule has 0 bridgehead atoms. The van der Waals surface area contributed by atoms with Crippen molar-refractivity contribution in [1.82, 2.24) is 0 Å². The van der Waals surface area contributed by atoms with Crippen LogP contribution >= 0.6 is 0 Å². The number of aromatic hydroxyl groups is 3. The van der Waals surface area contributed by atoms with Crippen LogP contribution in [0.2, 0.25) is 0 Å². The molecule has 6 heteroatoms. The molecule has 1 aliphatic rings. The molecule has 0 aliphatic carbocycles. The molecule has 0 saturated heterocycles. The van der Waals surface area contributed by atoms with Gasteiger partial charge in [-0.1, -0.05) is 29.9 Å². The Morgan fingerprint density at radius 1 is 1.03 bits per heavy atom.